The molecule has 2 aromatic rings. The van der Waals surface area contributed by atoms with E-state index in [4.69, 9.17) is 11.6 Å². The van der Waals surface area contributed by atoms with E-state index in [1.54, 1.807) is 24.3 Å². The number of carbonyl (C=O) groups is 2. The minimum absolute atomic E-state index is 0.197. The van der Waals surface area contributed by atoms with Crippen molar-refractivity contribution in [1.29, 1.82) is 0 Å². The zero-order valence-electron chi connectivity index (χ0n) is 20.7. The van der Waals surface area contributed by atoms with Crippen LogP contribution in [0.2, 0.25) is 5.02 Å². The molecule has 0 aliphatic heterocycles. The first-order chi connectivity index (χ1) is 16.9. The van der Waals surface area contributed by atoms with Crippen LogP contribution < -0.4 is 5.32 Å². The molecule has 7 nitrogen and oxygen atoms in total. The van der Waals surface area contributed by atoms with Crippen molar-refractivity contribution in [1.82, 2.24) is 25.0 Å². The molecular weight excluding hydrogens is 482 g/mol. The number of benzene rings is 1. The number of thioether (sulfide) groups is 1. The van der Waals surface area contributed by atoms with Gasteiger partial charge < -0.3 is 14.8 Å². The monoisotopic (exact) mass is 517 g/mol. The Morgan fingerprint density at radius 2 is 1.60 bits per heavy atom. The molecule has 1 N–H and O–H groups in total. The maximum Gasteiger partial charge on any atom is 0.251 e. The van der Waals surface area contributed by atoms with Crippen molar-refractivity contribution in [2.75, 3.05) is 5.75 Å². The lowest BCUT2D eigenvalue weighted by Gasteiger charge is -2.41. The van der Waals surface area contributed by atoms with Crippen LogP contribution in [0.5, 0.6) is 0 Å². The molecule has 2 aliphatic rings. The van der Waals surface area contributed by atoms with Crippen LogP contribution in [-0.2, 0) is 11.8 Å². The number of carbonyl (C=O) groups excluding carboxylic acids is 2. The minimum atomic E-state index is -0.332. The van der Waals surface area contributed by atoms with Crippen LogP contribution in [-0.4, -0.2) is 49.3 Å². The molecule has 1 atom stereocenters. The molecule has 0 bridgehead atoms. The zero-order chi connectivity index (χ0) is 24.8. The number of rotatable bonds is 8. The van der Waals surface area contributed by atoms with E-state index in [1.807, 2.05) is 18.5 Å². The second-order valence-electron chi connectivity index (χ2n) is 9.78. The van der Waals surface area contributed by atoms with Gasteiger partial charge in [0.15, 0.2) is 11.0 Å². The Morgan fingerprint density at radius 3 is 2.17 bits per heavy atom. The standard InChI is InChI=1S/C26H36ClN5O2S/c1-18(28-25(34)19-13-15-20(27)16-14-19)24-29-30-26(31(24)2)35-17-23(33)32(21-9-5-3-6-10-21)22-11-7-4-8-12-22/h13-16,18,21-22H,3-12,17H2,1-2H3,(H,28,34)/t18-/m1/s1. The van der Waals surface area contributed by atoms with Crippen molar-refractivity contribution in [3.8, 4) is 0 Å². The molecular formula is C26H36ClN5O2S. The molecule has 0 saturated heterocycles. The number of hydrogen-bond acceptors (Lipinski definition) is 5. The number of nitrogens with zero attached hydrogens (tertiary/aromatic N) is 4. The molecule has 0 spiro atoms. The molecule has 0 radical (unpaired) electrons. The molecule has 2 aliphatic carbocycles. The van der Waals surface area contributed by atoms with Gasteiger partial charge in [0.05, 0.1) is 11.8 Å². The average Bonchev–Trinajstić information content (AvgIpc) is 3.25. The Labute approximate surface area is 217 Å². The quantitative estimate of drug-likeness (QED) is 0.464. The number of hydrogen-bond donors (Lipinski definition) is 1. The van der Waals surface area contributed by atoms with Crippen LogP contribution in [0.25, 0.3) is 0 Å². The summed E-state index contributed by atoms with van der Waals surface area (Å²) in [7, 11) is 1.88. The molecule has 1 aromatic heterocycles. The van der Waals surface area contributed by atoms with Gasteiger partial charge in [-0.15, -0.1) is 10.2 Å². The van der Waals surface area contributed by atoms with E-state index in [0.717, 1.165) is 25.7 Å². The van der Waals surface area contributed by atoms with E-state index in [-0.39, 0.29) is 17.9 Å². The van der Waals surface area contributed by atoms with Gasteiger partial charge in [-0.05, 0) is 56.9 Å². The third-order valence-electron chi connectivity index (χ3n) is 7.26. The molecule has 1 heterocycles. The van der Waals surface area contributed by atoms with Gasteiger partial charge in [0.25, 0.3) is 5.91 Å². The van der Waals surface area contributed by atoms with E-state index >= 15 is 0 Å². The summed E-state index contributed by atoms with van der Waals surface area (Å²) < 4.78 is 1.87. The van der Waals surface area contributed by atoms with Gasteiger partial charge in [-0.2, -0.15) is 0 Å². The van der Waals surface area contributed by atoms with Crippen molar-refractivity contribution >= 4 is 35.2 Å². The zero-order valence-corrected chi connectivity index (χ0v) is 22.3. The van der Waals surface area contributed by atoms with Gasteiger partial charge in [-0.3, -0.25) is 9.59 Å². The van der Waals surface area contributed by atoms with Crippen LogP contribution in [0, 0.1) is 0 Å². The van der Waals surface area contributed by atoms with Crippen LogP contribution in [0.1, 0.15) is 93.4 Å². The fourth-order valence-electron chi connectivity index (χ4n) is 5.40. The van der Waals surface area contributed by atoms with E-state index in [1.165, 1.54) is 50.3 Å². The van der Waals surface area contributed by atoms with Crippen molar-refractivity contribution in [3.05, 3.63) is 40.7 Å². The van der Waals surface area contributed by atoms with Crippen molar-refractivity contribution in [2.45, 2.75) is 94.4 Å². The maximum absolute atomic E-state index is 13.5. The third kappa shape index (κ3) is 6.58. The number of halogens is 1. The molecule has 1 aromatic carbocycles. The molecule has 2 amide bonds. The van der Waals surface area contributed by atoms with Gasteiger partial charge in [0.2, 0.25) is 5.91 Å². The smallest absolute Gasteiger partial charge is 0.251 e. The molecule has 190 valence electrons. The van der Waals surface area contributed by atoms with Crippen molar-refractivity contribution in [2.24, 2.45) is 7.05 Å². The van der Waals surface area contributed by atoms with Crippen molar-refractivity contribution < 1.29 is 9.59 Å². The van der Waals surface area contributed by atoms with Crippen LogP contribution in [0.3, 0.4) is 0 Å². The fraction of sp³-hybridized carbons (Fsp3) is 0.615. The summed E-state index contributed by atoms with van der Waals surface area (Å²) in [6.45, 7) is 1.88. The minimum Gasteiger partial charge on any atom is -0.342 e. The van der Waals surface area contributed by atoms with Crippen molar-refractivity contribution in [3.63, 3.8) is 0 Å². The third-order valence-corrected chi connectivity index (χ3v) is 8.52. The van der Waals surface area contributed by atoms with Crippen LogP contribution in [0.4, 0.5) is 0 Å². The first-order valence-electron chi connectivity index (χ1n) is 12.8. The molecule has 4 rings (SSSR count). The lowest BCUT2D eigenvalue weighted by atomic mass is 9.88. The first kappa shape index (κ1) is 26.0. The SMILES string of the molecule is C[C@@H](NC(=O)c1ccc(Cl)cc1)c1nnc(SCC(=O)N(C2CCCCC2)C2CCCCC2)n1C. The fourth-order valence-corrected chi connectivity index (χ4v) is 6.31. The highest BCUT2D eigenvalue weighted by Gasteiger charge is 2.32. The summed E-state index contributed by atoms with van der Waals surface area (Å²) in [5.41, 5.74) is 0.536. The highest BCUT2D eigenvalue weighted by molar-refractivity contribution is 7.99. The number of nitrogens with one attached hydrogen (secondary N) is 1. The Balaban J connectivity index is 1.38. The van der Waals surface area contributed by atoms with E-state index in [0.29, 0.717) is 39.4 Å². The predicted octanol–water partition coefficient (Wildman–Crippen LogP) is 5.55. The summed E-state index contributed by atoms with van der Waals surface area (Å²) in [5, 5.41) is 12.9. The Bertz CT molecular complexity index is 982. The summed E-state index contributed by atoms with van der Waals surface area (Å²) in [5.74, 6) is 1.04. The summed E-state index contributed by atoms with van der Waals surface area (Å²) in [6.07, 6.45) is 12.0. The number of amides is 2. The summed E-state index contributed by atoms with van der Waals surface area (Å²) in [4.78, 5) is 28.3. The predicted molar refractivity (Wildman–Crippen MR) is 140 cm³/mol. The Morgan fingerprint density at radius 1 is 1.03 bits per heavy atom. The van der Waals surface area contributed by atoms with Crippen LogP contribution >= 0.6 is 23.4 Å². The second-order valence-corrected chi connectivity index (χ2v) is 11.2. The maximum atomic E-state index is 13.5. The normalized spacial score (nSPS) is 18.3. The summed E-state index contributed by atoms with van der Waals surface area (Å²) in [6, 6.07) is 7.22. The topological polar surface area (TPSA) is 80.1 Å². The lowest BCUT2D eigenvalue weighted by Crippen LogP contribution is -2.49. The average molecular weight is 518 g/mol. The van der Waals surface area contributed by atoms with Crippen LogP contribution in [0.15, 0.2) is 29.4 Å². The number of aromatic nitrogens is 3. The van der Waals surface area contributed by atoms with Gasteiger partial charge in [-0.1, -0.05) is 61.9 Å². The lowest BCUT2D eigenvalue weighted by molar-refractivity contribution is -0.135. The Hall–Kier alpha value is -2.06. The molecule has 0 unspecified atom stereocenters. The second kappa shape index (κ2) is 12.3. The first-order valence-corrected chi connectivity index (χ1v) is 14.2. The van der Waals surface area contributed by atoms with E-state index in [2.05, 4.69) is 20.4 Å². The molecule has 2 saturated carbocycles. The largest absolute Gasteiger partial charge is 0.342 e. The molecule has 35 heavy (non-hydrogen) atoms. The summed E-state index contributed by atoms with van der Waals surface area (Å²) >= 11 is 7.36. The Kier molecular flexibility index (Phi) is 9.11. The van der Waals surface area contributed by atoms with E-state index < -0.39 is 0 Å². The molecule has 9 heteroatoms. The van der Waals surface area contributed by atoms with Gasteiger partial charge >= 0.3 is 0 Å². The van der Waals surface area contributed by atoms with Gasteiger partial charge in [-0.25, -0.2) is 0 Å². The van der Waals surface area contributed by atoms with Gasteiger partial charge in [0, 0.05) is 29.7 Å². The van der Waals surface area contributed by atoms with Gasteiger partial charge in [0.1, 0.15) is 0 Å². The highest BCUT2D eigenvalue weighted by Crippen LogP contribution is 2.31. The molecule has 2 fully saturated rings. The highest BCUT2D eigenvalue weighted by atomic mass is 35.5. The van der Waals surface area contributed by atoms with E-state index in [9.17, 15) is 9.59 Å².